The summed E-state index contributed by atoms with van der Waals surface area (Å²) in [6.07, 6.45) is 0. The highest BCUT2D eigenvalue weighted by molar-refractivity contribution is 7.89. The Morgan fingerprint density at radius 1 is 1.10 bits per heavy atom. The molecule has 2 N–H and O–H groups in total. The van der Waals surface area contributed by atoms with Crippen molar-refractivity contribution in [2.75, 3.05) is 0 Å². The van der Waals surface area contributed by atoms with Crippen LogP contribution < -0.4 is 4.72 Å². The van der Waals surface area contributed by atoms with Gasteiger partial charge in [-0.1, -0.05) is 48.0 Å². The molecule has 0 saturated carbocycles. The highest BCUT2D eigenvalue weighted by Crippen LogP contribution is 2.19. The molecule has 0 unspecified atom stereocenters. The summed E-state index contributed by atoms with van der Waals surface area (Å²) in [5.41, 5.74) is 0.343. The Hall–Kier alpha value is -1.89. The Balaban J connectivity index is 2.35. The molecule has 0 heterocycles. The zero-order chi connectivity index (χ0) is 15.5. The average molecular weight is 326 g/mol. The highest BCUT2D eigenvalue weighted by atomic mass is 35.5. The van der Waals surface area contributed by atoms with Gasteiger partial charge in [-0.2, -0.15) is 4.72 Å². The fraction of sp³-hybridized carbons (Fsp3) is 0.0714. The molecule has 0 fully saturated rings. The van der Waals surface area contributed by atoms with Crippen molar-refractivity contribution in [1.29, 1.82) is 0 Å². The van der Waals surface area contributed by atoms with Gasteiger partial charge in [-0.15, -0.1) is 0 Å². The zero-order valence-electron chi connectivity index (χ0n) is 10.7. The van der Waals surface area contributed by atoms with Crippen molar-refractivity contribution < 1.29 is 18.3 Å². The third-order valence-electron chi connectivity index (χ3n) is 2.76. The number of hydrogen-bond donors (Lipinski definition) is 2. The standard InChI is InChI=1S/C14H12ClNO4S/c15-11-7-4-8-12(9-11)21(19,20)16-13(14(17)18)10-5-2-1-3-6-10/h1-9,13,16H,(H,17,18)/t13-/m0/s1. The monoisotopic (exact) mass is 325 g/mol. The van der Waals surface area contributed by atoms with Crippen LogP contribution in [0.4, 0.5) is 0 Å². The molecule has 2 aromatic rings. The van der Waals surface area contributed by atoms with Gasteiger partial charge in [0.2, 0.25) is 10.0 Å². The summed E-state index contributed by atoms with van der Waals surface area (Å²) in [5, 5.41) is 9.49. The quantitative estimate of drug-likeness (QED) is 0.884. The molecule has 7 heteroatoms. The number of carboxylic acids is 1. The molecule has 0 aromatic heterocycles. The molecular formula is C14H12ClNO4S. The number of nitrogens with one attached hydrogen (secondary N) is 1. The second-order valence-corrected chi connectivity index (χ2v) is 6.41. The van der Waals surface area contributed by atoms with Crippen molar-refractivity contribution in [3.05, 3.63) is 65.2 Å². The average Bonchev–Trinajstić information content (AvgIpc) is 2.45. The lowest BCUT2D eigenvalue weighted by atomic mass is 10.1. The van der Waals surface area contributed by atoms with E-state index in [0.717, 1.165) is 0 Å². The van der Waals surface area contributed by atoms with E-state index in [1.807, 2.05) is 0 Å². The van der Waals surface area contributed by atoms with Crippen LogP contribution in [0.5, 0.6) is 0 Å². The maximum Gasteiger partial charge on any atom is 0.326 e. The lowest BCUT2D eigenvalue weighted by Gasteiger charge is -2.15. The number of halogens is 1. The number of aliphatic carboxylic acids is 1. The molecule has 5 nitrogen and oxygen atoms in total. The van der Waals surface area contributed by atoms with E-state index in [9.17, 15) is 18.3 Å². The first-order valence-electron chi connectivity index (χ1n) is 5.96. The van der Waals surface area contributed by atoms with Gasteiger partial charge in [0.05, 0.1) is 4.90 Å². The smallest absolute Gasteiger partial charge is 0.326 e. The molecule has 0 aliphatic carbocycles. The van der Waals surface area contributed by atoms with Gasteiger partial charge in [0.15, 0.2) is 0 Å². The normalized spacial score (nSPS) is 12.8. The van der Waals surface area contributed by atoms with E-state index in [1.54, 1.807) is 30.3 Å². The van der Waals surface area contributed by atoms with Gasteiger partial charge >= 0.3 is 5.97 Å². The molecule has 110 valence electrons. The SMILES string of the molecule is O=C(O)[C@@H](NS(=O)(=O)c1cccc(Cl)c1)c1ccccc1. The Labute approximate surface area is 127 Å². The Morgan fingerprint density at radius 3 is 2.33 bits per heavy atom. The van der Waals surface area contributed by atoms with Gasteiger partial charge in [-0.3, -0.25) is 4.79 Å². The van der Waals surface area contributed by atoms with Crippen LogP contribution in [0.25, 0.3) is 0 Å². The molecule has 21 heavy (non-hydrogen) atoms. The van der Waals surface area contributed by atoms with Crippen molar-refractivity contribution in [2.45, 2.75) is 10.9 Å². The molecule has 0 amide bonds. The molecule has 0 saturated heterocycles. The Morgan fingerprint density at radius 2 is 1.76 bits per heavy atom. The minimum atomic E-state index is -3.99. The summed E-state index contributed by atoms with van der Waals surface area (Å²) in [5.74, 6) is -1.29. The molecular weight excluding hydrogens is 314 g/mol. The summed E-state index contributed by atoms with van der Waals surface area (Å²) in [6, 6.07) is 12.3. The van der Waals surface area contributed by atoms with Crippen LogP contribution in [-0.4, -0.2) is 19.5 Å². The van der Waals surface area contributed by atoms with E-state index in [1.165, 1.54) is 24.3 Å². The highest BCUT2D eigenvalue weighted by Gasteiger charge is 2.26. The molecule has 0 bridgehead atoms. The van der Waals surface area contributed by atoms with Crippen LogP contribution in [0.15, 0.2) is 59.5 Å². The van der Waals surface area contributed by atoms with Crippen LogP contribution in [0.1, 0.15) is 11.6 Å². The second kappa shape index (κ2) is 6.26. The van der Waals surface area contributed by atoms with Crippen molar-refractivity contribution in [3.63, 3.8) is 0 Å². The third kappa shape index (κ3) is 3.81. The largest absolute Gasteiger partial charge is 0.480 e. The number of carboxylic acid groups (broad SMARTS) is 1. The van der Waals surface area contributed by atoms with Gasteiger partial charge in [-0.25, -0.2) is 8.42 Å². The fourth-order valence-electron chi connectivity index (χ4n) is 1.76. The van der Waals surface area contributed by atoms with Gasteiger partial charge in [0, 0.05) is 5.02 Å². The summed E-state index contributed by atoms with van der Waals surface area (Å²) >= 11 is 5.76. The Bertz CT molecular complexity index is 747. The van der Waals surface area contributed by atoms with Crippen molar-refractivity contribution in [3.8, 4) is 0 Å². The summed E-state index contributed by atoms with van der Waals surface area (Å²) < 4.78 is 26.6. The maximum absolute atomic E-state index is 12.2. The van der Waals surface area contributed by atoms with Crippen LogP contribution >= 0.6 is 11.6 Å². The lowest BCUT2D eigenvalue weighted by molar-refractivity contribution is -0.139. The first-order valence-corrected chi connectivity index (χ1v) is 7.82. The van der Waals surface area contributed by atoms with Gasteiger partial charge in [0.1, 0.15) is 6.04 Å². The summed E-state index contributed by atoms with van der Waals surface area (Å²) in [7, 11) is -3.99. The molecule has 0 aliphatic rings. The number of rotatable bonds is 5. The molecule has 0 aliphatic heterocycles. The van der Waals surface area contributed by atoms with Gasteiger partial charge < -0.3 is 5.11 Å². The van der Waals surface area contributed by atoms with E-state index in [-0.39, 0.29) is 9.92 Å². The Kier molecular flexibility index (Phi) is 4.62. The minimum absolute atomic E-state index is 0.0859. The van der Waals surface area contributed by atoms with Crippen molar-refractivity contribution in [1.82, 2.24) is 4.72 Å². The number of hydrogen-bond acceptors (Lipinski definition) is 3. The summed E-state index contributed by atoms with van der Waals surface area (Å²) in [4.78, 5) is 11.2. The molecule has 0 radical (unpaired) electrons. The fourth-order valence-corrected chi connectivity index (χ4v) is 3.24. The second-order valence-electron chi connectivity index (χ2n) is 4.26. The number of sulfonamides is 1. The molecule has 1 atom stereocenters. The van der Waals surface area contributed by atoms with E-state index < -0.39 is 22.0 Å². The van der Waals surface area contributed by atoms with Crippen molar-refractivity contribution in [2.24, 2.45) is 0 Å². The molecule has 2 rings (SSSR count). The maximum atomic E-state index is 12.2. The van der Waals surface area contributed by atoms with Gasteiger partial charge in [0.25, 0.3) is 0 Å². The summed E-state index contributed by atoms with van der Waals surface area (Å²) in [6.45, 7) is 0. The van der Waals surface area contributed by atoms with E-state index in [4.69, 9.17) is 11.6 Å². The van der Waals surface area contributed by atoms with Crippen LogP contribution in [0, 0.1) is 0 Å². The number of carbonyl (C=O) groups is 1. The molecule has 2 aromatic carbocycles. The number of benzene rings is 2. The predicted molar refractivity (Wildman–Crippen MR) is 78.6 cm³/mol. The lowest BCUT2D eigenvalue weighted by Crippen LogP contribution is -2.33. The topological polar surface area (TPSA) is 83.5 Å². The minimum Gasteiger partial charge on any atom is -0.480 e. The van der Waals surface area contributed by atoms with E-state index >= 15 is 0 Å². The van der Waals surface area contributed by atoms with Crippen LogP contribution in [-0.2, 0) is 14.8 Å². The van der Waals surface area contributed by atoms with Gasteiger partial charge in [-0.05, 0) is 23.8 Å². The van der Waals surface area contributed by atoms with Crippen LogP contribution in [0.2, 0.25) is 5.02 Å². The van der Waals surface area contributed by atoms with Crippen LogP contribution in [0.3, 0.4) is 0 Å². The molecule has 0 spiro atoms. The first-order chi connectivity index (χ1) is 9.90. The van der Waals surface area contributed by atoms with Crippen molar-refractivity contribution >= 4 is 27.6 Å². The predicted octanol–water partition coefficient (Wildman–Crippen LogP) is 2.44. The van der Waals surface area contributed by atoms with E-state index in [2.05, 4.69) is 4.72 Å². The zero-order valence-corrected chi connectivity index (χ0v) is 12.3. The van der Waals surface area contributed by atoms with E-state index in [0.29, 0.717) is 5.56 Å². The first kappa shape index (κ1) is 15.5. The third-order valence-corrected chi connectivity index (χ3v) is 4.41.